The van der Waals surface area contributed by atoms with Gasteiger partial charge in [-0.25, -0.2) is 5.48 Å². The number of nitrogens with one attached hydrogen (secondary N) is 4. The number of hydrogen-bond donors (Lipinski definition) is 5. The van der Waals surface area contributed by atoms with Crippen molar-refractivity contribution in [2.75, 3.05) is 50.9 Å². The number of carbonyl (C=O) groups excluding carboxylic acids is 3. The van der Waals surface area contributed by atoms with Gasteiger partial charge >= 0.3 is 0 Å². The lowest BCUT2D eigenvalue weighted by Crippen LogP contribution is -2.50. The fraction of sp³-hybridized carbons (Fsp3) is 0.593. The van der Waals surface area contributed by atoms with Gasteiger partial charge in [0, 0.05) is 73.5 Å². The molecule has 0 bridgehead atoms. The van der Waals surface area contributed by atoms with Crippen LogP contribution in [0.3, 0.4) is 0 Å². The first kappa shape index (κ1) is 29.9. The number of nitrogens with zero attached hydrogens (tertiary/aromatic N) is 1. The summed E-state index contributed by atoms with van der Waals surface area (Å²) in [6.07, 6.45) is 2.48. The van der Waals surface area contributed by atoms with Crippen molar-refractivity contribution in [1.29, 1.82) is 0 Å². The van der Waals surface area contributed by atoms with E-state index in [2.05, 4.69) is 20.5 Å². The number of aromatic nitrogens is 1. The van der Waals surface area contributed by atoms with Crippen molar-refractivity contribution in [2.24, 2.45) is 11.8 Å². The molecule has 1 fully saturated rings. The van der Waals surface area contributed by atoms with Gasteiger partial charge in [-0.05, 0) is 24.0 Å². The highest BCUT2D eigenvalue weighted by Gasteiger charge is 2.28. The Labute approximate surface area is 228 Å². The molecule has 2 heterocycles. The predicted molar refractivity (Wildman–Crippen MR) is 149 cm³/mol. The summed E-state index contributed by atoms with van der Waals surface area (Å²) in [5.41, 5.74) is 3.49. The quantitative estimate of drug-likeness (QED) is 0.131. The standard InChI is InChI=1S/C27H41N5O5S/c1-19(2)15-20(17-25(33)31-36)26(34)30-24(16-21-18-29-23-6-4-3-5-22(21)23)27(35)28-7-13-38-14-10-32-8-11-37-12-9-32/h3-6,18-20,24,29,36H,7-17H2,1-2H3,(H,28,35)(H,30,34)(H,31,33)/t20-,24+/m1/s1. The molecule has 2 atom stereocenters. The molecule has 0 radical (unpaired) electrons. The van der Waals surface area contributed by atoms with E-state index in [1.54, 1.807) is 17.2 Å². The number of ether oxygens (including phenoxy) is 1. The highest BCUT2D eigenvalue weighted by molar-refractivity contribution is 7.99. The Bertz CT molecular complexity index is 1040. The van der Waals surface area contributed by atoms with Gasteiger partial charge in [0.25, 0.3) is 0 Å². The molecule has 1 aromatic carbocycles. The lowest BCUT2D eigenvalue weighted by Gasteiger charge is -2.26. The summed E-state index contributed by atoms with van der Waals surface area (Å²) in [6, 6.07) is 7.02. The summed E-state index contributed by atoms with van der Waals surface area (Å²) >= 11 is 1.79. The van der Waals surface area contributed by atoms with Crippen molar-refractivity contribution in [3.05, 3.63) is 36.0 Å². The number of hydrogen-bond acceptors (Lipinski definition) is 7. The van der Waals surface area contributed by atoms with Crippen molar-refractivity contribution in [3.8, 4) is 0 Å². The maximum absolute atomic E-state index is 13.3. The van der Waals surface area contributed by atoms with Crippen LogP contribution in [-0.4, -0.2) is 89.8 Å². The monoisotopic (exact) mass is 547 g/mol. The van der Waals surface area contributed by atoms with Crippen LogP contribution < -0.4 is 16.1 Å². The van der Waals surface area contributed by atoms with Crippen molar-refractivity contribution in [2.45, 2.75) is 39.2 Å². The zero-order valence-corrected chi connectivity index (χ0v) is 23.1. The summed E-state index contributed by atoms with van der Waals surface area (Å²) in [6.45, 7) is 8.91. The van der Waals surface area contributed by atoms with Gasteiger partial charge in [0.2, 0.25) is 17.7 Å². The van der Waals surface area contributed by atoms with E-state index in [0.717, 1.165) is 60.8 Å². The first-order valence-electron chi connectivity index (χ1n) is 13.3. The summed E-state index contributed by atoms with van der Waals surface area (Å²) in [5, 5.41) is 15.8. The molecule has 0 spiro atoms. The molecule has 0 unspecified atom stereocenters. The lowest BCUT2D eigenvalue weighted by molar-refractivity contribution is -0.136. The molecule has 0 saturated carbocycles. The number of carbonyl (C=O) groups is 3. The van der Waals surface area contributed by atoms with E-state index in [1.807, 2.05) is 44.3 Å². The number of fused-ring (bicyclic) bond motifs is 1. The van der Waals surface area contributed by atoms with Crippen LogP contribution >= 0.6 is 11.8 Å². The Morgan fingerprint density at radius 3 is 2.63 bits per heavy atom. The average Bonchev–Trinajstić information content (AvgIpc) is 3.32. The number of amides is 3. The third-order valence-electron chi connectivity index (χ3n) is 6.62. The molecule has 10 nitrogen and oxygen atoms in total. The highest BCUT2D eigenvalue weighted by Crippen LogP contribution is 2.20. The Morgan fingerprint density at radius 1 is 1.13 bits per heavy atom. The molecule has 2 aromatic rings. The molecule has 3 rings (SSSR count). The Hall–Kier alpha value is -2.60. The van der Waals surface area contributed by atoms with E-state index >= 15 is 0 Å². The Kier molecular flexibility index (Phi) is 12.4. The summed E-state index contributed by atoms with van der Waals surface area (Å²) in [7, 11) is 0. The average molecular weight is 548 g/mol. The summed E-state index contributed by atoms with van der Waals surface area (Å²) < 4.78 is 5.38. The minimum atomic E-state index is -0.799. The molecule has 1 aliphatic rings. The molecule has 0 aliphatic carbocycles. The van der Waals surface area contributed by atoms with Crippen LogP contribution in [0.4, 0.5) is 0 Å². The fourth-order valence-corrected chi connectivity index (χ4v) is 5.47. The molecular weight excluding hydrogens is 506 g/mol. The van der Waals surface area contributed by atoms with Gasteiger partial charge in [0.1, 0.15) is 6.04 Å². The van der Waals surface area contributed by atoms with Gasteiger partial charge in [-0.1, -0.05) is 32.0 Å². The molecule has 11 heteroatoms. The fourth-order valence-electron chi connectivity index (χ4n) is 4.63. The zero-order valence-electron chi connectivity index (χ0n) is 22.3. The van der Waals surface area contributed by atoms with E-state index < -0.39 is 17.9 Å². The Morgan fingerprint density at radius 2 is 1.89 bits per heavy atom. The number of thioether (sulfide) groups is 1. The first-order chi connectivity index (χ1) is 18.4. The van der Waals surface area contributed by atoms with Crippen LogP contribution in [0.1, 0.15) is 32.3 Å². The third kappa shape index (κ3) is 9.61. The topological polar surface area (TPSA) is 136 Å². The number of benzene rings is 1. The van der Waals surface area contributed by atoms with Gasteiger partial charge in [-0.2, -0.15) is 11.8 Å². The molecule has 3 amide bonds. The van der Waals surface area contributed by atoms with Crippen molar-refractivity contribution in [1.82, 2.24) is 26.0 Å². The molecule has 210 valence electrons. The number of morpholine rings is 1. The summed E-state index contributed by atoms with van der Waals surface area (Å²) in [5.74, 6) is 0.00173. The smallest absolute Gasteiger partial charge is 0.244 e. The van der Waals surface area contributed by atoms with Crippen molar-refractivity contribution in [3.63, 3.8) is 0 Å². The second-order valence-electron chi connectivity index (χ2n) is 10.0. The van der Waals surface area contributed by atoms with Crippen LogP contribution in [-0.2, 0) is 25.5 Å². The van der Waals surface area contributed by atoms with Crippen LogP contribution in [0.25, 0.3) is 10.9 Å². The van der Waals surface area contributed by atoms with E-state index in [9.17, 15) is 14.4 Å². The van der Waals surface area contributed by atoms with Crippen LogP contribution in [0.2, 0.25) is 0 Å². The van der Waals surface area contributed by atoms with E-state index in [4.69, 9.17) is 9.94 Å². The van der Waals surface area contributed by atoms with Gasteiger partial charge in [0.15, 0.2) is 0 Å². The molecule has 5 N–H and O–H groups in total. The first-order valence-corrected chi connectivity index (χ1v) is 14.5. The van der Waals surface area contributed by atoms with Crippen LogP contribution in [0.15, 0.2) is 30.5 Å². The van der Waals surface area contributed by atoms with Gasteiger partial charge < -0.3 is 20.4 Å². The molecular formula is C27H41N5O5S. The normalized spacial score (nSPS) is 15.8. The second kappa shape index (κ2) is 15.7. The minimum Gasteiger partial charge on any atom is -0.379 e. The van der Waals surface area contributed by atoms with Gasteiger partial charge in [-0.3, -0.25) is 24.5 Å². The number of aromatic amines is 1. The van der Waals surface area contributed by atoms with Crippen molar-refractivity contribution < 1.29 is 24.3 Å². The van der Waals surface area contributed by atoms with Gasteiger partial charge in [0.05, 0.1) is 13.2 Å². The molecule has 1 saturated heterocycles. The van der Waals surface area contributed by atoms with Crippen molar-refractivity contribution >= 4 is 40.4 Å². The maximum Gasteiger partial charge on any atom is 0.244 e. The lowest BCUT2D eigenvalue weighted by atomic mass is 9.92. The van der Waals surface area contributed by atoms with E-state index in [-0.39, 0.29) is 24.2 Å². The number of rotatable bonds is 15. The largest absolute Gasteiger partial charge is 0.379 e. The predicted octanol–water partition coefficient (Wildman–Crippen LogP) is 1.93. The van der Waals surface area contributed by atoms with E-state index in [1.165, 1.54) is 0 Å². The number of para-hydroxylation sites is 1. The SMILES string of the molecule is CC(C)C[C@H](CC(=O)NO)C(=O)N[C@@H](Cc1c[nH]c2ccccc12)C(=O)NCCSCCN1CCOCC1. The van der Waals surface area contributed by atoms with Crippen LogP contribution in [0.5, 0.6) is 0 Å². The maximum atomic E-state index is 13.3. The van der Waals surface area contributed by atoms with E-state index in [0.29, 0.717) is 19.4 Å². The summed E-state index contributed by atoms with van der Waals surface area (Å²) in [4.78, 5) is 43.9. The van der Waals surface area contributed by atoms with Crippen LogP contribution in [0, 0.1) is 11.8 Å². The highest BCUT2D eigenvalue weighted by atomic mass is 32.2. The Balaban J connectivity index is 1.60. The zero-order chi connectivity index (χ0) is 27.3. The third-order valence-corrected chi connectivity index (χ3v) is 7.58. The van der Waals surface area contributed by atoms with Gasteiger partial charge in [-0.15, -0.1) is 0 Å². The molecule has 1 aromatic heterocycles. The second-order valence-corrected chi connectivity index (χ2v) is 11.3. The minimum absolute atomic E-state index is 0.151. The molecule has 38 heavy (non-hydrogen) atoms. The number of hydroxylamine groups is 1. The number of H-pyrrole nitrogens is 1. The molecule has 1 aliphatic heterocycles.